The summed E-state index contributed by atoms with van der Waals surface area (Å²) in [7, 11) is 0. The zero-order chi connectivity index (χ0) is 20.6. The van der Waals surface area contributed by atoms with E-state index >= 15 is 0 Å². The van der Waals surface area contributed by atoms with Crippen LogP contribution in [0.2, 0.25) is 0 Å². The molecule has 1 aliphatic heterocycles. The second-order valence-corrected chi connectivity index (χ2v) is 7.42. The van der Waals surface area contributed by atoms with E-state index in [1.807, 2.05) is 54.6 Å². The maximum Gasteiger partial charge on any atom is 0.241 e. The number of nitrogens with one attached hydrogen (secondary N) is 1. The lowest BCUT2D eigenvalue weighted by Gasteiger charge is -2.19. The number of hydrazone groups is 1. The Morgan fingerprint density at radius 3 is 2.21 bits per heavy atom. The number of carbonyl (C=O) groups is 2. The van der Waals surface area contributed by atoms with Crippen molar-refractivity contribution < 1.29 is 19.1 Å². The molecule has 1 atom stereocenters. The minimum absolute atomic E-state index is 0.193. The third kappa shape index (κ3) is 5.99. The van der Waals surface area contributed by atoms with Gasteiger partial charge in [0.05, 0.1) is 13.2 Å². The zero-order valence-corrected chi connectivity index (χ0v) is 17.1. The highest BCUT2D eigenvalue weighted by Gasteiger charge is 2.32. The summed E-state index contributed by atoms with van der Waals surface area (Å²) in [4.78, 5) is 23.1. The van der Waals surface area contributed by atoms with Gasteiger partial charge in [-0.2, -0.15) is 0 Å². The van der Waals surface area contributed by atoms with E-state index in [4.69, 9.17) is 9.47 Å². The van der Waals surface area contributed by atoms with Gasteiger partial charge in [0.15, 0.2) is 5.17 Å². The Labute approximate surface area is 174 Å². The Bertz CT molecular complexity index is 871. The van der Waals surface area contributed by atoms with Gasteiger partial charge in [-0.3, -0.25) is 9.59 Å². The molecule has 2 aromatic rings. The maximum atomic E-state index is 11.9. The molecule has 0 unspecified atom stereocenters. The van der Waals surface area contributed by atoms with Crippen molar-refractivity contribution >= 4 is 28.7 Å². The van der Waals surface area contributed by atoms with Gasteiger partial charge in [-0.1, -0.05) is 42.1 Å². The number of para-hydroxylation sites is 1. The highest BCUT2D eigenvalue weighted by molar-refractivity contribution is 8.14. The molecule has 152 valence electrons. The molecule has 7 nitrogen and oxygen atoms in total. The highest BCUT2D eigenvalue weighted by Crippen LogP contribution is 2.39. The fourth-order valence-electron chi connectivity index (χ4n) is 2.66. The molecule has 1 N–H and O–H groups in total. The van der Waals surface area contributed by atoms with Crippen LogP contribution in [0.1, 0.15) is 31.2 Å². The number of hydrogen-bond donors (Lipinski definition) is 1. The van der Waals surface area contributed by atoms with Crippen LogP contribution in [0.25, 0.3) is 0 Å². The summed E-state index contributed by atoms with van der Waals surface area (Å²) in [6.07, 6.45) is 0.765. The van der Waals surface area contributed by atoms with Crippen molar-refractivity contribution in [3.63, 3.8) is 0 Å². The van der Waals surface area contributed by atoms with Gasteiger partial charge in [-0.05, 0) is 29.8 Å². The molecule has 0 aliphatic carbocycles. The van der Waals surface area contributed by atoms with Crippen molar-refractivity contribution in [2.24, 2.45) is 5.10 Å². The summed E-state index contributed by atoms with van der Waals surface area (Å²) in [5.41, 5.74) is 0.897. The molecule has 1 heterocycles. The molecule has 0 saturated carbocycles. The third-order valence-electron chi connectivity index (χ3n) is 3.98. The van der Waals surface area contributed by atoms with E-state index < -0.39 is 0 Å². The number of ether oxygens (including phenoxy) is 2. The average molecular weight is 413 g/mol. The monoisotopic (exact) mass is 413 g/mol. The van der Waals surface area contributed by atoms with Gasteiger partial charge in [-0.15, -0.1) is 5.10 Å². The van der Waals surface area contributed by atoms with Gasteiger partial charge >= 0.3 is 0 Å². The standard InChI is InChI=1S/C21H23N3O4S/c1-15(25)22-21-23-24(16(2)26)20(29-21)17-9-11-19(12-10-17)28-14-6-13-27-18-7-4-3-5-8-18/h3-5,7-12,20H,6,13-14H2,1-2H3,(H,22,23,25)/t20-/m1/s1. The fraction of sp³-hybridized carbons (Fsp3) is 0.286. The summed E-state index contributed by atoms with van der Waals surface area (Å²) in [6, 6.07) is 17.2. The van der Waals surface area contributed by atoms with E-state index in [0.29, 0.717) is 18.4 Å². The number of hydrogen-bond acceptors (Lipinski definition) is 6. The lowest BCUT2D eigenvalue weighted by molar-refractivity contribution is -0.129. The van der Waals surface area contributed by atoms with Gasteiger partial charge in [-0.25, -0.2) is 5.01 Å². The summed E-state index contributed by atoms with van der Waals surface area (Å²) >= 11 is 1.32. The Morgan fingerprint density at radius 1 is 1.00 bits per heavy atom. The summed E-state index contributed by atoms with van der Waals surface area (Å²) in [5, 5.41) is 8.29. The van der Waals surface area contributed by atoms with Gasteiger partial charge in [0, 0.05) is 20.3 Å². The molecule has 0 fully saturated rings. The first-order valence-electron chi connectivity index (χ1n) is 9.26. The molecular weight excluding hydrogens is 390 g/mol. The third-order valence-corrected chi connectivity index (χ3v) is 5.09. The van der Waals surface area contributed by atoms with Crippen molar-refractivity contribution in [2.75, 3.05) is 13.2 Å². The number of carbonyl (C=O) groups excluding carboxylic acids is 2. The Morgan fingerprint density at radius 2 is 1.62 bits per heavy atom. The molecule has 0 spiro atoms. The average Bonchev–Trinajstić information content (AvgIpc) is 3.12. The lowest BCUT2D eigenvalue weighted by Crippen LogP contribution is -2.25. The zero-order valence-electron chi connectivity index (χ0n) is 16.3. The summed E-state index contributed by atoms with van der Waals surface area (Å²) in [5.74, 6) is 1.18. The molecule has 3 rings (SSSR count). The van der Waals surface area contributed by atoms with Crippen LogP contribution < -0.4 is 14.8 Å². The highest BCUT2D eigenvalue weighted by atomic mass is 32.2. The van der Waals surface area contributed by atoms with Crippen molar-refractivity contribution in [3.8, 4) is 11.5 Å². The number of rotatable bonds is 7. The first-order valence-corrected chi connectivity index (χ1v) is 10.1. The van der Waals surface area contributed by atoms with Crippen LogP contribution in [0.15, 0.2) is 59.7 Å². The largest absolute Gasteiger partial charge is 0.493 e. The number of benzene rings is 2. The van der Waals surface area contributed by atoms with Crippen LogP contribution in [-0.4, -0.2) is 35.2 Å². The number of thioether (sulfide) groups is 1. The predicted molar refractivity (Wildman–Crippen MR) is 113 cm³/mol. The predicted octanol–water partition coefficient (Wildman–Crippen LogP) is 3.54. The van der Waals surface area contributed by atoms with E-state index in [2.05, 4.69) is 10.4 Å². The number of nitrogens with zero attached hydrogens (tertiary/aromatic N) is 2. The minimum Gasteiger partial charge on any atom is -0.493 e. The smallest absolute Gasteiger partial charge is 0.241 e. The van der Waals surface area contributed by atoms with Gasteiger partial charge < -0.3 is 14.8 Å². The molecule has 0 aromatic heterocycles. The van der Waals surface area contributed by atoms with Crippen molar-refractivity contribution in [2.45, 2.75) is 25.6 Å². The van der Waals surface area contributed by atoms with Crippen molar-refractivity contribution in [1.82, 2.24) is 10.3 Å². The molecule has 2 amide bonds. The molecule has 0 bridgehead atoms. The van der Waals surface area contributed by atoms with E-state index in [1.165, 1.54) is 30.6 Å². The normalized spacial score (nSPS) is 15.6. The number of amides is 2. The molecule has 1 aliphatic rings. The van der Waals surface area contributed by atoms with Crippen LogP contribution in [0.4, 0.5) is 0 Å². The lowest BCUT2D eigenvalue weighted by atomic mass is 10.2. The molecular formula is C21H23N3O4S. The first kappa shape index (κ1) is 20.7. The van der Waals surface area contributed by atoms with E-state index in [9.17, 15) is 9.59 Å². The second kappa shape index (κ2) is 9.97. The van der Waals surface area contributed by atoms with Gasteiger partial charge in [0.1, 0.15) is 16.9 Å². The molecule has 29 heavy (non-hydrogen) atoms. The van der Waals surface area contributed by atoms with E-state index in [0.717, 1.165) is 23.5 Å². The first-order chi connectivity index (χ1) is 14.0. The van der Waals surface area contributed by atoms with E-state index in [1.54, 1.807) is 0 Å². The molecule has 2 aromatic carbocycles. The van der Waals surface area contributed by atoms with Crippen LogP contribution in [0.3, 0.4) is 0 Å². The Kier molecular flexibility index (Phi) is 7.13. The Balaban J connectivity index is 1.49. The fourth-order valence-corrected chi connectivity index (χ4v) is 3.80. The summed E-state index contributed by atoms with van der Waals surface area (Å²) < 4.78 is 11.4. The van der Waals surface area contributed by atoms with Crippen LogP contribution in [-0.2, 0) is 9.59 Å². The molecule has 0 saturated heterocycles. The maximum absolute atomic E-state index is 11.9. The minimum atomic E-state index is -0.317. The van der Waals surface area contributed by atoms with E-state index in [-0.39, 0.29) is 17.2 Å². The SMILES string of the molecule is CC(=O)NC1=NN(C(C)=O)[C@@H](c2ccc(OCCCOc3ccccc3)cc2)S1. The second-order valence-electron chi connectivity index (χ2n) is 6.35. The van der Waals surface area contributed by atoms with Crippen LogP contribution in [0, 0.1) is 0 Å². The van der Waals surface area contributed by atoms with Gasteiger partial charge in [0.25, 0.3) is 0 Å². The molecule has 0 radical (unpaired) electrons. The van der Waals surface area contributed by atoms with Crippen molar-refractivity contribution in [1.29, 1.82) is 0 Å². The topological polar surface area (TPSA) is 80.2 Å². The van der Waals surface area contributed by atoms with Gasteiger partial charge in [0.2, 0.25) is 11.8 Å². The number of amidine groups is 1. The Hall–Kier alpha value is -3.00. The molecule has 8 heteroatoms. The van der Waals surface area contributed by atoms with Crippen LogP contribution in [0.5, 0.6) is 11.5 Å². The quantitative estimate of drug-likeness (QED) is 0.703. The summed E-state index contributed by atoms with van der Waals surface area (Å²) in [6.45, 7) is 3.98. The van der Waals surface area contributed by atoms with Crippen LogP contribution >= 0.6 is 11.8 Å². The van der Waals surface area contributed by atoms with Crippen molar-refractivity contribution in [3.05, 3.63) is 60.2 Å².